The maximum absolute atomic E-state index is 12.2. The molecule has 0 heterocycles. The van der Waals surface area contributed by atoms with Crippen LogP contribution in [0.4, 0.5) is 4.79 Å². The van der Waals surface area contributed by atoms with Crippen molar-refractivity contribution in [1.29, 1.82) is 0 Å². The molecule has 21 heavy (non-hydrogen) atoms. The minimum atomic E-state index is -0.906. The molecule has 0 bridgehead atoms. The Bertz CT molecular complexity index is 455. The van der Waals surface area contributed by atoms with Crippen molar-refractivity contribution < 1.29 is 14.6 Å². The zero-order chi connectivity index (χ0) is 15.9. The number of carbonyl (C=O) groups is 1. The molecule has 0 spiro atoms. The molecule has 0 saturated carbocycles. The van der Waals surface area contributed by atoms with E-state index in [1.54, 1.807) is 18.7 Å². The number of ether oxygens (including phenoxy) is 1. The van der Waals surface area contributed by atoms with Crippen molar-refractivity contribution in [2.24, 2.45) is 0 Å². The Morgan fingerprint density at radius 1 is 1.33 bits per heavy atom. The third-order valence-electron chi connectivity index (χ3n) is 2.95. The van der Waals surface area contributed by atoms with Crippen molar-refractivity contribution >= 4 is 6.03 Å². The highest BCUT2D eigenvalue weighted by Gasteiger charge is 2.21. The second-order valence-corrected chi connectivity index (χ2v) is 5.53. The molecule has 1 aromatic rings. The van der Waals surface area contributed by atoms with Gasteiger partial charge in [-0.3, -0.25) is 0 Å². The van der Waals surface area contributed by atoms with Crippen molar-refractivity contribution in [2.45, 2.75) is 39.8 Å². The van der Waals surface area contributed by atoms with Crippen LogP contribution in [-0.2, 0) is 6.54 Å². The van der Waals surface area contributed by atoms with Crippen molar-refractivity contribution in [2.75, 3.05) is 19.7 Å². The maximum atomic E-state index is 12.2. The lowest BCUT2D eigenvalue weighted by Gasteiger charge is -2.28. The van der Waals surface area contributed by atoms with E-state index < -0.39 is 5.60 Å². The fraction of sp³-hybridized carbons (Fsp3) is 0.562. The maximum Gasteiger partial charge on any atom is 0.317 e. The van der Waals surface area contributed by atoms with E-state index in [4.69, 9.17) is 4.74 Å². The van der Waals surface area contributed by atoms with E-state index >= 15 is 0 Å². The van der Waals surface area contributed by atoms with E-state index in [1.807, 2.05) is 38.1 Å². The van der Waals surface area contributed by atoms with Gasteiger partial charge < -0.3 is 20.1 Å². The van der Waals surface area contributed by atoms with Gasteiger partial charge in [0.2, 0.25) is 0 Å². The van der Waals surface area contributed by atoms with Crippen molar-refractivity contribution in [3.05, 3.63) is 29.8 Å². The van der Waals surface area contributed by atoms with Crippen LogP contribution in [0.5, 0.6) is 5.75 Å². The number of nitrogens with one attached hydrogen (secondary N) is 1. The molecule has 0 saturated heterocycles. The lowest BCUT2D eigenvalue weighted by Crippen LogP contribution is -2.46. The van der Waals surface area contributed by atoms with Crippen molar-refractivity contribution in [1.82, 2.24) is 10.2 Å². The first kappa shape index (κ1) is 17.3. The van der Waals surface area contributed by atoms with Gasteiger partial charge in [0.15, 0.2) is 0 Å². The predicted molar refractivity (Wildman–Crippen MR) is 83.4 cm³/mol. The van der Waals surface area contributed by atoms with Gasteiger partial charge in [-0.1, -0.05) is 18.2 Å². The lowest BCUT2D eigenvalue weighted by atomic mass is 10.1. The standard InChI is InChI=1S/C16H26N2O3/c1-5-18(12-16(3,4)20)15(19)17-11-13-9-7-8-10-14(13)21-6-2/h7-10,20H,5-6,11-12H2,1-4H3,(H,17,19). The van der Waals surface area contributed by atoms with Crippen molar-refractivity contribution in [3.8, 4) is 5.75 Å². The van der Waals surface area contributed by atoms with Gasteiger partial charge in [0.25, 0.3) is 0 Å². The minimum Gasteiger partial charge on any atom is -0.494 e. The topological polar surface area (TPSA) is 61.8 Å². The smallest absolute Gasteiger partial charge is 0.317 e. The Hall–Kier alpha value is -1.75. The first-order valence-electron chi connectivity index (χ1n) is 7.33. The van der Waals surface area contributed by atoms with E-state index in [2.05, 4.69) is 5.32 Å². The third-order valence-corrected chi connectivity index (χ3v) is 2.95. The Balaban J connectivity index is 2.63. The van der Waals surface area contributed by atoms with Crippen LogP contribution in [0.1, 0.15) is 33.3 Å². The molecule has 1 aromatic carbocycles. The minimum absolute atomic E-state index is 0.189. The number of hydrogen-bond donors (Lipinski definition) is 2. The molecule has 5 heteroatoms. The van der Waals surface area contributed by atoms with Gasteiger partial charge in [0, 0.05) is 18.7 Å². The fourth-order valence-electron chi connectivity index (χ4n) is 2.02. The zero-order valence-electron chi connectivity index (χ0n) is 13.3. The van der Waals surface area contributed by atoms with Gasteiger partial charge in [0.1, 0.15) is 5.75 Å². The average molecular weight is 294 g/mol. The van der Waals surface area contributed by atoms with Gasteiger partial charge in [-0.2, -0.15) is 0 Å². The van der Waals surface area contributed by atoms with Crippen LogP contribution in [0, 0.1) is 0 Å². The molecule has 0 aliphatic carbocycles. The second-order valence-electron chi connectivity index (χ2n) is 5.53. The molecule has 0 aliphatic heterocycles. The number of amides is 2. The molecular formula is C16H26N2O3. The highest BCUT2D eigenvalue weighted by molar-refractivity contribution is 5.74. The van der Waals surface area contributed by atoms with Crippen LogP contribution in [-0.4, -0.2) is 41.3 Å². The monoisotopic (exact) mass is 294 g/mol. The molecule has 0 aliphatic rings. The normalized spacial score (nSPS) is 11.1. The number of urea groups is 1. The van der Waals surface area contributed by atoms with Crippen LogP contribution < -0.4 is 10.1 Å². The zero-order valence-corrected chi connectivity index (χ0v) is 13.3. The summed E-state index contributed by atoms with van der Waals surface area (Å²) in [5.74, 6) is 0.783. The SMILES string of the molecule is CCOc1ccccc1CNC(=O)N(CC)CC(C)(C)O. The number of aliphatic hydroxyl groups is 1. The molecule has 5 nitrogen and oxygen atoms in total. The van der Waals surface area contributed by atoms with Crippen LogP contribution in [0.15, 0.2) is 24.3 Å². The summed E-state index contributed by atoms with van der Waals surface area (Å²) in [6.07, 6.45) is 0. The number of rotatable bonds is 7. The summed E-state index contributed by atoms with van der Waals surface area (Å²) in [6.45, 7) is 9.02. The highest BCUT2D eigenvalue weighted by atomic mass is 16.5. The van der Waals surface area contributed by atoms with Crippen LogP contribution in [0.25, 0.3) is 0 Å². The van der Waals surface area contributed by atoms with Gasteiger partial charge in [-0.05, 0) is 33.8 Å². The molecule has 0 unspecified atom stereocenters. The fourth-order valence-corrected chi connectivity index (χ4v) is 2.02. The quantitative estimate of drug-likeness (QED) is 0.811. The summed E-state index contributed by atoms with van der Waals surface area (Å²) in [5.41, 5.74) is 0.0309. The first-order valence-corrected chi connectivity index (χ1v) is 7.33. The number of carbonyl (C=O) groups excluding carboxylic acids is 1. The molecule has 2 N–H and O–H groups in total. The number of benzene rings is 1. The summed E-state index contributed by atoms with van der Waals surface area (Å²) >= 11 is 0. The largest absolute Gasteiger partial charge is 0.494 e. The van der Waals surface area contributed by atoms with Crippen LogP contribution >= 0.6 is 0 Å². The van der Waals surface area contributed by atoms with Gasteiger partial charge in [0.05, 0.1) is 18.8 Å². The molecule has 118 valence electrons. The number of para-hydroxylation sites is 1. The summed E-state index contributed by atoms with van der Waals surface area (Å²) < 4.78 is 5.53. The summed E-state index contributed by atoms with van der Waals surface area (Å²) in [7, 11) is 0. The summed E-state index contributed by atoms with van der Waals surface area (Å²) in [5, 5.41) is 12.7. The number of nitrogens with zero attached hydrogens (tertiary/aromatic N) is 1. The summed E-state index contributed by atoms with van der Waals surface area (Å²) in [4.78, 5) is 13.7. The van der Waals surface area contributed by atoms with Crippen LogP contribution in [0.2, 0.25) is 0 Å². The molecule has 0 fully saturated rings. The Kier molecular flexibility index (Phi) is 6.49. The number of likely N-dealkylation sites (N-methyl/N-ethyl adjacent to an activating group) is 1. The van der Waals surface area contributed by atoms with E-state index in [-0.39, 0.29) is 6.03 Å². The lowest BCUT2D eigenvalue weighted by molar-refractivity contribution is 0.0479. The van der Waals surface area contributed by atoms with Gasteiger partial charge >= 0.3 is 6.03 Å². The van der Waals surface area contributed by atoms with E-state index in [1.165, 1.54) is 0 Å². The Labute approximate surface area is 126 Å². The van der Waals surface area contributed by atoms with E-state index in [0.717, 1.165) is 11.3 Å². The van der Waals surface area contributed by atoms with Gasteiger partial charge in [-0.25, -0.2) is 4.79 Å². The number of hydrogen-bond acceptors (Lipinski definition) is 3. The molecule has 0 atom stereocenters. The average Bonchev–Trinajstić information content (AvgIpc) is 2.43. The highest BCUT2D eigenvalue weighted by Crippen LogP contribution is 2.17. The molecule has 2 amide bonds. The van der Waals surface area contributed by atoms with Gasteiger partial charge in [-0.15, -0.1) is 0 Å². The Morgan fingerprint density at radius 2 is 2.00 bits per heavy atom. The van der Waals surface area contributed by atoms with E-state index in [0.29, 0.717) is 26.2 Å². The molecule has 0 aromatic heterocycles. The third kappa shape index (κ3) is 6.04. The molecule has 0 radical (unpaired) electrons. The van der Waals surface area contributed by atoms with E-state index in [9.17, 15) is 9.90 Å². The van der Waals surface area contributed by atoms with Crippen molar-refractivity contribution in [3.63, 3.8) is 0 Å². The van der Waals surface area contributed by atoms with Crippen LogP contribution in [0.3, 0.4) is 0 Å². The Morgan fingerprint density at radius 3 is 2.57 bits per heavy atom. The summed E-state index contributed by atoms with van der Waals surface area (Å²) in [6, 6.07) is 7.45. The predicted octanol–water partition coefficient (Wildman–Crippen LogP) is 2.39. The molecule has 1 rings (SSSR count). The molecular weight excluding hydrogens is 268 g/mol. The second kappa shape index (κ2) is 7.88. The first-order chi connectivity index (χ1) is 9.87.